The van der Waals surface area contributed by atoms with Gasteiger partial charge in [-0.15, -0.1) is 0 Å². The van der Waals surface area contributed by atoms with Crippen molar-refractivity contribution in [2.24, 2.45) is 0 Å². The van der Waals surface area contributed by atoms with Crippen molar-refractivity contribution in [3.8, 4) is 0 Å². The molecule has 0 saturated carbocycles. The Morgan fingerprint density at radius 1 is 1.30 bits per heavy atom. The van der Waals surface area contributed by atoms with Gasteiger partial charge in [-0.1, -0.05) is 0 Å². The summed E-state index contributed by atoms with van der Waals surface area (Å²) in [5.41, 5.74) is 14.2. The van der Waals surface area contributed by atoms with E-state index in [2.05, 4.69) is 0 Å². The Morgan fingerprint density at radius 3 is 2.50 bits per heavy atom. The van der Waals surface area contributed by atoms with Crippen LogP contribution in [0.4, 0.5) is 17.1 Å². The molecule has 0 aliphatic carbocycles. The van der Waals surface area contributed by atoms with Gasteiger partial charge in [-0.2, -0.15) is 0 Å². The van der Waals surface area contributed by atoms with Gasteiger partial charge < -0.3 is 11.5 Å². The van der Waals surface area contributed by atoms with Crippen LogP contribution in [0.25, 0.3) is 0 Å². The van der Waals surface area contributed by atoms with Gasteiger partial charge in [0.05, 0.1) is 11.4 Å². The van der Waals surface area contributed by atoms with Gasteiger partial charge in [0, 0.05) is 5.69 Å². The van der Waals surface area contributed by atoms with Crippen molar-refractivity contribution in [1.82, 2.24) is 0 Å². The Hall–Kier alpha value is -1.42. The molecule has 0 aliphatic heterocycles. The first-order valence-electron chi connectivity index (χ1n) is 2.79. The van der Waals surface area contributed by atoms with E-state index >= 15 is 0 Å². The third-order valence-corrected chi connectivity index (χ3v) is 1.20. The fraction of sp³-hybridized carbons (Fsp3) is 0. The second-order valence-electron chi connectivity index (χ2n) is 1.96. The molecule has 0 spiro atoms. The monoisotopic (exact) mass is 139 g/mol. The summed E-state index contributed by atoms with van der Waals surface area (Å²) in [6.07, 6.45) is 0. The van der Waals surface area contributed by atoms with E-state index in [1.807, 2.05) is 5.48 Å². The van der Waals surface area contributed by atoms with Gasteiger partial charge in [0.15, 0.2) is 0 Å². The fourth-order valence-corrected chi connectivity index (χ4v) is 0.671. The van der Waals surface area contributed by atoms with Crippen LogP contribution in [-0.4, -0.2) is 5.21 Å². The molecule has 0 saturated heterocycles. The molecule has 6 N–H and O–H groups in total. The quantitative estimate of drug-likeness (QED) is 0.340. The van der Waals surface area contributed by atoms with Crippen molar-refractivity contribution in [1.29, 1.82) is 0 Å². The highest BCUT2D eigenvalue weighted by molar-refractivity contribution is 5.69. The van der Waals surface area contributed by atoms with Gasteiger partial charge >= 0.3 is 0 Å². The fourth-order valence-electron chi connectivity index (χ4n) is 0.671. The van der Waals surface area contributed by atoms with Crippen molar-refractivity contribution in [3.05, 3.63) is 18.2 Å². The summed E-state index contributed by atoms with van der Waals surface area (Å²) >= 11 is 0. The highest BCUT2D eigenvalue weighted by Gasteiger charge is 1.95. The molecular weight excluding hydrogens is 130 g/mol. The summed E-state index contributed by atoms with van der Waals surface area (Å²) in [4.78, 5) is 0. The normalized spacial score (nSPS) is 9.30. The number of nitrogen functional groups attached to an aromatic ring is 2. The number of nitrogens with two attached hydrogens (primary N) is 2. The third-order valence-electron chi connectivity index (χ3n) is 1.20. The Bertz CT molecular complexity index is 236. The Balaban J connectivity index is 3.09. The van der Waals surface area contributed by atoms with Gasteiger partial charge in [0.25, 0.3) is 0 Å². The molecule has 0 heterocycles. The maximum absolute atomic E-state index is 8.46. The van der Waals surface area contributed by atoms with Gasteiger partial charge in [-0.3, -0.25) is 10.7 Å². The van der Waals surface area contributed by atoms with Crippen LogP contribution in [0.2, 0.25) is 0 Å². The molecule has 0 unspecified atom stereocenters. The summed E-state index contributed by atoms with van der Waals surface area (Å²) in [5.74, 6) is 0. The minimum Gasteiger partial charge on any atom is -0.399 e. The highest BCUT2D eigenvalue weighted by atomic mass is 16.5. The summed E-state index contributed by atoms with van der Waals surface area (Å²) in [7, 11) is 0. The smallest absolute Gasteiger partial charge is 0.0851 e. The van der Waals surface area contributed by atoms with Crippen molar-refractivity contribution >= 4 is 17.1 Å². The van der Waals surface area contributed by atoms with Crippen LogP contribution in [0.3, 0.4) is 0 Å². The summed E-state index contributed by atoms with van der Waals surface area (Å²) in [5, 5.41) is 8.46. The van der Waals surface area contributed by atoms with Crippen LogP contribution in [0.5, 0.6) is 0 Å². The highest BCUT2D eigenvalue weighted by Crippen LogP contribution is 2.19. The standard InChI is InChI=1S/C6H9N3O/c7-4-1-2-5(8)6(3-4)9-10/h1-3,9-10H,7-8H2. The average Bonchev–Trinajstić information content (AvgIpc) is 1.94. The molecule has 1 aromatic rings. The van der Waals surface area contributed by atoms with Crippen LogP contribution in [-0.2, 0) is 0 Å². The largest absolute Gasteiger partial charge is 0.399 e. The van der Waals surface area contributed by atoms with E-state index in [0.29, 0.717) is 17.1 Å². The van der Waals surface area contributed by atoms with Crippen LogP contribution < -0.4 is 16.9 Å². The lowest BCUT2D eigenvalue weighted by atomic mass is 10.2. The van der Waals surface area contributed by atoms with Crippen molar-refractivity contribution in [3.63, 3.8) is 0 Å². The van der Waals surface area contributed by atoms with Crippen molar-refractivity contribution < 1.29 is 5.21 Å². The molecule has 0 bridgehead atoms. The summed E-state index contributed by atoms with van der Waals surface area (Å²) in [6, 6.07) is 4.83. The topological polar surface area (TPSA) is 84.3 Å². The molecule has 0 radical (unpaired) electrons. The Kier molecular flexibility index (Phi) is 1.64. The number of nitrogens with one attached hydrogen (secondary N) is 1. The van der Waals surface area contributed by atoms with E-state index in [9.17, 15) is 0 Å². The Labute approximate surface area is 58.4 Å². The maximum Gasteiger partial charge on any atom is 0.0851 e. The molecule has 10 heavy (non-hydrogen) atoms. The van der Waals surface area contributed by atoms with Gasteiger partial charge in [-0.25, -0.2) is 0 Å². The zero-order chi connectivity index (χ0) is 7.56. The predicted molar refractivity (Wildman–Crippen MR) is 40.7 cm³/mol. The molecule has 1 aromatic carbocycles. The lowest BCUT2D eigenvalue weighted by Crippen LogP contribution is -1.97. The van der Waals surface area contributed by atoms with E-state index in [1.54, 1.807) is 18.2 Å². The molecule has 0 atom stereocenters. The molecular formula is C6H9N3O. The molecule has 0 amide bonds. The van der Waals surface area contributed by atoms with Crippen LogP contribution in [0.15, 0.2) is 18.2 Å². The molecule has 4 nitrogen and oxygen atoms in total. The minimum atomic E-state index is 0.431. The predicted octanol–water partition coefficient (Wildman–Crippen LogP) is 0.652. The molecule has 1 rings (SSSR count). The Morgan fingerprint density at radius 2 is 2.00 bits per heavy atom. The van der Waals surface area contributed by atoms with Gasteiger partial charge in [0.2, 0.25) is 0 Å². The minimum absolute atomic E-state index is 0.431. The number of anilines is 3. The van der Waals surface area contributed by atoms with Crippen LogP contribution in [0.1, 0.15) is 0 Å². The lowest BCUT2D eigenvalue weighted by molar-refractivity contribution is 0.389. The van der Waals surface area contributed by atoms with E-state index in [-0.39, 0.29) is 0 Å². The number of benzene rings is 1. The van der Waals surface area contributed by atoms with E-state index in [4.69, 9.17) is 16.7 Å². The van der Waals surface area contributed by atoms with E-state index in [1.165, 1.54) is 0 Å². The second kappa shape index (κ2) is 2.45. The van der Waals surface area contributed by atoms with Crippen molar-refractivity contribution in [2.45, 2.75) is 0 Å². The first kappa shape index (κ1) is 6.70. The zero-order valence-corrected chi connectivity index (χ0v) is 5.33. The van der Waals surface area contributed by atoms with Crippen LogP contribution >= 0.6 is 0 Å². The van der Waals surface area contributed by atoms with Gasteiger partial charge in [0.1, 0.15) is 0 Å². The van der Waals surface area contributed by atoms with E-state index in [0.717, 1.165) is 0 Å². The molecule has 4 heteroatoms. The zero-order valence-electron chi connectivity index (χ0n) is 5.33. The number of rotatable bonds is 1. The molecule has 0 fully saturated rings. The average molecular weight is 139 g/mol. The van der Waals surface area contributed by atoms with Gasteiger partial charge in [-0.05, 0) is 18.2 Å². The first-order valence-corrected chi connectivity index (χ1v) is 2.79. The summed E-state index contributed by atoms with van der Waals surface area (Å²) in [6.45, 7) is 0. The number of hydrogen-bond donors (Lipinski definition) is 4. The van der Waals surface area contributed by atoms with Crippen molar-refractivity contribution in [2.75, 3.05) is 16.9 Å². The number of hydrogen-bond acceptors (Lipinski definition) is 4. The second-order valence-corrected chi connectivity index (χ2v) is 1.96. The lowest BCUT2D eigenvalue weighted by Gasteiger charge is -2.02. The van der Waals surface area contributed by atoms with Crippen LogP contribution in [0, 0.1) is 0 Å². The molecule has 0 aromatic heterocycles. The summed E-state index contributed by atoms with van der Waals surface area (Å²) < 4.78 is 0. The molecule has 54 valence electrons. The maximum atomic E-state index is 8.46. The van der Waals surface area contributed by atoms with E-state index < -0.39 is 0 Å². The first-order chi connectivity index (χ1) is 4.74. The SMILES string of the molecule is Nc1ccc(N)c(NO)c1. The molecule has 0 aliphatic rings. The third kappa shape index (κ3) is 1.11.